The van der Waals surface area contributed by atoms with E-state index in [9.17, 15) is 9.59 Å². The number of ketones is 1. The van der Waals surface area contributed by atoms with Crippen LogP contribution in [0.1, 0.15) is 50.4 Å². The highest BCUT2D eigenvalue weighted by Gasteiger charge is 2.12. The first-order valence-corrected chi connectivity index (χ1v) is 7.19. The molecule has 0 saturated carbocycles. The van der Waals surface area contributed by atoms with E-state index in [0.29, 0.717) is 30.0 Å². The molecule has 1 aromatic heterocycles. The molecule has 0 aliphatic carbocycles. The number of benzene rings is 1. The van der Waals surface area contributed by atoms with Crippen LogP contribution in [0.3, 0.4) is 0 Å². The van der Waals surface area contributed by atoms with Crippen LogP contribution in [0.5, 0.6) is 0 Å². The lowest BCUT2D eigenvalue weighted by atomic mass is 10.0. The molecule has 0 bridgehead atoms. The Balaban J connectivity index is 2.30. The second kappa shape index (κ2) is 6.07. The summed E-state index contributed by atoms with van der Waals surface area (Å²) in [6, 6.07) is 5.27. The lowest BCUT2D eigenvalue weighted by molar-refractivity contribution is 0.0975. The minimum Gasteiger partial charge on any atom is -0.408 e. The van der Waals surface area contributed by atoms with E-state index >= 15 is 0 Å². The fourth-order valence-corrected chi connectivity index (χ4v) is 2.24. The molecular formula is C16H21NO3. The number of hydrogen-bond acceptors (Lipinski definition) is 3. The van der Waals surface area contributed by atoms with Crippen molar-refractivity contribution in [3.8, 4) is 0 Å². The highest BCUT2D eigenvalue weighted by atomic mass is 16.4. The zero-order valence-electron chi connectivity index (χ0n) is 12.3. The maximum Gasteiger partial charge on any atom is 0.419 e. The molecule has 2 aromatic rings. The van der Waals surface area contributed by atoms with Gasteiger partial charge in [-0.05, 0) is 37.0 Å². The molecule has 0 unspecified atom stereocenters. The molecule has 0 aliphatic heterocycles. The van der Waals surface area contributed by atoms with Gasteiger partial charge in [-0.3, -0.25) is 9.36 Å². The molecule has 0 saturated heterocycles. The van der Waals surface area contributed by atoms with Crippen molar-refractivity contribution < 1.29 is 9.21 Å². The van der Waals surface area contributed by atoms with Gasteiger partial charge in [0.25, 0.3) is 0 Å². The van der Waals surface area contributed by atoms with E-state index in [1.807, 2.05) is 6.92 Å². The second-order valence-electron chi connectivity index (χ2n) is 5.56. The van der Waals surface area contributed by atoms with Crippen molar-refractivity contribution in [1.82, 2.24) is 4.57 Å². The first-order chi connectivity index (χ1) is 9.52. The highest BCUT2D eigenvalue weighted by Crippen LogP contribution is 2.18. The molecule has 0 atom stereocenters. The normalized spacial score (nSPS) is 11.4. The van der Waals surface area contributed by atoms with Gasteiger partial charge in [0.15, 0.2) is 11.4 Å². The monoisotopic (exact) mass is 275 g/mol. The Morgan fingerprint density at radius 1 is 1.35 bits per heavy atom. The Kier molecular flexibility index (Phi) is 4.42. The predicted molar refractivity (Wildman–Crippen MR) is 79.2 cm³/mol. The van der Waals surface area contributed by atoms with E-state index in [2.05, 4.69) is 13.8 Å². The molecule has 0 aliphatic rings. The fourth-order valence-electron chi connectivity index (χ4n) is 2.24. The predicted octanol–water partition coefficient (Wildman–Crippen LogP) is 3.62. The third-order valence-electron chi connectivity index (χ3n) is 3.39. The third-order valence-corrected chi connectivity index (χ3v) is 3.39. The van der Waals surface area contributed by atoms with Crippen molar-refractivity contribution >= 4 is 16.9 Å². The number of aromatic nitrogens is 1. The molecule has 4 nitrogen and oxygen atoms in total. The number of oxazole rings is 1. The summed E-state index contributed by atoms with van der Waals surface area (Å²) in [6.45, 7) is 6.84. The molecule has 0 spiro atoms. The molecule has 108 valence electrons. The number of nitrogens with zero attached hydrogens (tertiary/aromatic N) is 1. The van der Waals surface area contributed by atoms with Crippen LogP contribution in [0.4, 0.5) is 0 Å². The van der Waals surface area contributed by atoms with Crippen LogP contribution in [0.2, 0.25) is 0 Å². The Hall–Kier alpha value is -1.84. The molecule has 20 heavy (non-hydrogen) atoms. The second-order valence-corrected chi connectivity index (χ2v) is 5.56. The summed E-state index contributed by atoms with van der Waals surface area (Å²) in [5.41, 5.74) is 1.88. The summed E-state index contributed by atoms with van der Waals surface area (Å²) >= 11 is 0. The van der Waals surface area contributed by atoms with Gasteiger partial charge in [0.05, 0.1) is 5.52 Å². The van der Waals surface area contributed by atoms with Gasteiger partial charge >= 0.3 is 5.76 Å². The summed E-state index contributed by atoms with van der Waals surface area (Å²) in [7, 11) is 0. The summed E-state index contributed by atoms with van der Waals surface area (Å²) in [4.78, 5) is 23.8. The van der Waals surface area contributed by atoms with Gasteiger partial charge in [-0.25, -0.2) is 4.79 Å². The average molecular weight is 275 g/mol. The van der Waals surface area contributed by atoms with Crippen LogP contribution in [-0.4, -0.2) is 10.4 Å². The topological polar surface area (TPSA) is 52.2 Å². The lowest BCUT2D eigenvalue weighted by Crippen LogP contribution is -2.13. The van der Waals surface area contributed by atoms with E-state index in [0.717, 1.165) is 18.4 Å². The minimum atomic E-state index is -0.353. The number of fused-ring (bicyclic) bond motifs is 1. The van der Waals surface area contributed by atoms with Crippen LogP contribution in [0.15, 0.2) is 27.4 Å². The quantitative estimate of drug-likeness (QED) is 0.756. The van der Waals surface area contributed by atoms with Gasteiger partial charge in [-0.1, -0.05) is 20.8 Å². The maximum atomic E-state index is 12.1. The molecule has 0 N–H and O–H groups in total. The van der Waals surface area contributed by atoms with Crippen molar-refractivity contribution in [3.63, 3.8) is 0 Å². The highest BCUT2D eigenvalue weighted by molar-refractivity contribution is 5.98. The standard InChI is InChI=1S/C16H21NO3/c1-4-9-17-13-7-6-12(10-15(13)20-16(17)19)14(18)8-5-11(2)3/h6-7,10-11H,4-5,8-9H2,1-3H3. The van der Waals surface area contributed by atoms with E-state index in [4.69, 9.17) is 4.42 Å². The van der Waals surface area contributed by atoms with Crippen molar-refractivity contribution in [2.24, 2.45) is 5.92 Å². The van der Waals surface area contributed by atoms with Crippen molar-refractivity contribution in [2.75, 3.05) is 0 Å². The van der Waals surface area contributed by atoms with Gasteiger partial charge in [-0.2, -0.15) is 0 Å². The SMILES string of the molecule is CCCn1c(=O)oc2cc(C(=O)CCC(C)C)ccc21. The molecule has 4 heteroatoms. The van der Waals surface area contributed by atoms with Crippen LogP contribution in [0.25, 0.3) is 11.1 Å². The smallest absolute Gasteiger partial charge is 0.408 e. The van der Waals surface area contributed by atoms with E-state index in [1.165, 1.54) is 0 Å². The van der Waals surface area contributed by atoms with Gasteiger partial charge in [0, 0.05) is 18.5 Å². The van der Waals surface area contributed by atoms with Gasteiger partial charge in [0.1, 0.15) is 0 Å². The molecule has 0 fully saturated rings. The summed E-state index contributed by atoms with van der Waals surface area (Å²) in [5, 5.41) is 0. The summed E-state index contributed by atoms with van der Waals surface area (Å²) in [5.74, 6) is 0.256. The maximum absolute atomic E-state index is 12.1. The molecular weight excluding hydrogens is 254 g/mol. The van der Waals surface area contributed by atoms with Crippen LogP contribution < -0.4 is 5.76 Å². The van der Waals surface area contributed by atoms with Gasteiger partial charge in [-0.15, -0.1) is 0 Å². The number of carbonyl (C=O) groups excluding carboxylic acids is 1. The molecule has 0 radical (unpaired) electrons. The largest absolute Gasteiger partial charge is 0.419 e. The van der Waals surface area contributed by atoms with Crippen molar-refractivity contribution in [2.45, 2.75) is 46.6 Å². The van der Waals surface area contributed by atoms with E-state index in [-0.39, 0.29) is 11.5 Å². The Bertz CT molecular complexity index is 664. The van der Waals surface area contributed by atoms with E-state index < -0.39 is 0 Å². The van der Waals surface area contributed by atoms with Gasteiger partial charge in [0.2, 0.25) is 0 Å². The molecule has 1 heterocycles. The Labute approximate surface area is 118 Å². The Morgan fingerprint density at radius 3 is 2.75 bits per heavy atom. The zero-order valence-corrected chi connectivity index (χ0v) is 12.3. The number of hydrogen-bond donors (Lipinski definition) is 0. The minimum absolute atomic E-state index is 0.103. The fraction of sp³-hybridized carbons (Fsp3) is 0.500. The first kappa shape index (κ1) is 14.6. The summed E-state index contributed by atoms with van der Waals surface area (Å²) < 4.78 is 6.83. The number of rotatable bonds is 6. The summed E-state index contributed by atoms with van der Waals surface area (Å²) in [6.07, 6.45) is 2.27. The van der Waals surface area contributed by atoms with Crippen molar-refractivity contribution in [3.05, 3.63) is 34.3 Å². The van der Waals surface area contributed by atoms with Crippen LogP contribution >= 0.6 is 0 Å². The Morgan fingerprint density at radius 2 is 2.10 bits per heavy atom. The number of Topliss-reactive ketones (excluding diaryl/α,β-unsaturated/α-hetero) is 1. The van der Waals surface area contributed by atoms with Crippen LogP contribution in [-0.2, 0) is 6.54 Å². The third kappa shape index (κ3) is 3.00. The zero-order chi connectivity index (χ0) is 14.7. The average Bonchev–Trinajstić information content (AvgIpc) is 2.72. The lowest BCUT2D eigenvalue weighted by Gasteiger charge is -2.04. The van der Waals surface area contributed by atoms with Gasteiger partial charge < -0.3 is 4.42 Å². The molecule has 2 rings (SSSR count). The van der Waals surface area contributed by atoms with E-state index in [1.54, 1.807) is 22.8 Å². The molecule has 0 amide bonds. The van der Waals surface area contributed by atoms with Crippen LogP contribution in [0, 0.1) is 5.92 Å². The number of aryl methyl sites for hydroxylation is 1. The number of carbonyl (C=O) groups is 1. The van der Waals surface area contributed by atoms with Crippen molar-refractivity contribution in [1.29, 1.82) is 0 Å². The molecule has 1 aromatic carbocycles. The first-order valence-electron chi connectivity index (χ1n) is 7.19.